The molecule has 0 fully saturated rings. The van der Waals surface area contributed by atoms with Crippen LogP contribution in [-0.2, 0) is 0 Å². The molecule has 1 aliphatic heterocycles. The summed E-state index contributed by atoms with van der Waals surface area (Å²) in [7, 11) is 0. The molecular weight excluding hydrogens is 320 g/mol. The summed E-state index contributed by atoms with van der Waals surface area (Å²) in [6.45, 7) is 6.33. The van der Waals surface area contributed by atoms with E-state index in [-0.39, 0.29) is 17.8 Å². The van der Waals surface area contributed by atoms with Gasteiger partial charge in [0, 0.05) is 27.9 Å². The summed E-state index contributed by atoms with van der Waals surface area (Å²) in [5, 5.41) is 18.1. The van der Waals surface area contributed by atoms with Gasteiger partial charge in [-0.05, 0) is 24.0 Å². The zero-order valence-corrected chi connectivity index (χ0v) is 14.9. The summed E-state index contributed by atoms with van der Waals surface area (Å²) in [4.78, 5) is 4.70. The Morgan fingerprint density at radius 2 is 2.08 bits per heavy atom. The average molecular weight is 341 g/mol. The molecule has 0 saturated heterocycles. The number of aliphatic imine (C=N–C) groups is 1. The second-order valence-electron chi connectivity index (χ2n) is 6.49. The minimum absolute atomic E-state index is 0.131. The SMILES string of the molecule is CCCC1=Nc2n[nH]c(C(C)C)c2C(c2ccccc2Cl)C1C#N. The first-order chi connectivity index (χ1) is 11.6. The molecule has 0 spiro atoms. The molecule has 1 N–H and O–H groups in total. The van der Waals surface area contributed by atoms with Gasteiger partial charge < -0.3 is 0 Å². The molecule has 2 unspecified atom stereocenters. The smallest absolute Gasteiger partial charge is 0.177 e. The fraction of sp³-hybridized carbons (Fsp3) is 0.421. The van der Waals surface area contributed by atoms with Crippen LogP contribution in [0, 0.1) is 17.2 Å². The summed E-state index contributed by atoms with van der Waals surface area (Å²) in [5.74, 6) is 0.536. The highest BCUT2D eigenvalue weighted by atomic mass is 35.5. The van der Waals surface area contributed by atoms with Crippen molar-refractivity contribution in [3.63, 3.8) is 0 Å². The Morgan fingerprint density at radius 1 is 1.33 bits per heavy atom. The Kier molecular flexibility index (Phi) is 4.73. The number of nitriles is 1. The molecule has 2 atom stereocenters. The summed E-state index contributed by atoms with van der Waals surface area (Å²) in [5.41, 5.74) is 3.93. The van der Waals surface area contributed by atoms with Crippen molar-refractivity contribution in [1.29, 1.82) is 5.26 Å². The summed E-state index contributed by atoms with van der Waals surface area (Å²) in [6.07, 6.45) is 1.74. The Morgan fingerprint density at radius 3 is 2.71 bits per heavy atom. The second-order valence-corrected chi connectivity index (χ2v) is 6.90. The van der Waals surface area contributed by atoms with Gasteiger partial charge in [0.05, 0.1) is 12.0 Å². The van der Waals surface area contributed by atoms with Gasteiger partial charge in [0.25, 0.3) is 0 Å². The van der Waals surface area contributed by atoms with Gasteiger partial charge in [-0.25, -0.2) is 4.99 Å². The lowest BCUT2D eigenvalue weighted by Crippen LogP contribution is -2.26. The van der Waals surface area contributed by atoms with Gasteiger partial charge >= 0.3 is 0 Å². The molecule has 124 valence electrons. The Labute approximate surface area is 147 Å². The predicted molar refractivity (Wildman–Crippen MR) is 97.1 cm³/mol. The Balaban J connectivity index is 2.26. The Hall–Kier alpha value is -2.12. The van der Waals surface area contributed by atoms with Gasteiger partial charge in [-0.3, -0.25) is 5.10 Å². The third kappa shape index (κ3) is 2.74. The van der Waals surface area contributed by atoms with Crippen LogP contribution in [0.3, 0.4) is 0 Å². The fourth-order valence-corrected chi connectivity index (χ4v) is 3.68. The van der Waals surface area contributed by atoms with Crippen molar-refractivity contribution in [2.45, 2.75) is 45.4 Å². The molecule has 4 nitrogen and oxygen atoms in total. The topological polar surface area (TPSA) is 64.8 Å². The van der Waals surface area contributed by atoms with Crippen molar-refractivity contribution >= 4 is 23.1 Å². The largest absolute Gasteiger partial charge is 0.280 e. The van der Waals surface area contributed by atoms with Gasteiger partial charge in [-0.2, -0.15) is 10.4 Å². The minimum atomic E-state index is -0.313. The van der Waals surface area contributed by atoms with Crippen molar-refractivity contribution < 1.29 is 0 Å². The van der Waals surface area contributed by atoms with Gasteiger partial charge in [0.15, 0.2) is 5.82 Å². The molecule has 2 heterocycles. The monoisotopic (exact) mass is 340 g/mol. The lowest BCUT2D eigenvalue weighted by Gasteiger charge is -2.29. The van der Waals surface area contributed by atoms with Gasteiger partial charge in [0.1, 0.15) is 0 Å². The number of halogens is 1. The Bertz CT molecular complexity index is 813. The number of fused-ring (bicyclic) bond motifs is 1. The number of H-pyrrole nitrogens is 1. The lowest BCUT2D eigenvalue weighted by atomic mass is 9.75. The molecule has 3 rings (SSSR count). The van der Waals surface area contributed by atoms with Crippen molar-refractivity contribution in [1.82, 2.24) is 10.2 Å². The molecule has 0 amide bonds. The van der Waals surface area contributed by atoms with Crippen molar-refractivity contribution in [2.24, 2.45) is 10.9 Å². The van der Waals surface area contributed by atoms with E-state index in [1.54, 1.807) is 0 Å². The van der Waals surface area contributed by atoms with Gasteiger partial charge in [-0.15, -0.1) is 0 Å². The first-order valence-corrected chi connectivity index (χ1v) is 8.75. The van der Waals surface area contributed by atoms with Crippen LogP contribution >= 0.6 is 11.6 Å². The molecule has 0 aliphatic carbocycles. The first-order valence-electron chi connectivity index (χ1n) is 8.38. The van der Waals surface area contributed by atoms with Crippen LogP contribution in [0.2, 0.25) is 5.02 Å². The van der Waals surface area contributed by atoms with Crippen LogP contribution in [0.25, 0.3) is 0 Å². The summed E-state index contributed by atoms with van der Waals surface area (Å²) >= 11 is 6.49. The fourth-order valence-electron chi connectivity index (χ4n) is 3.43. The first kappa shape index (κ1) is 16.7. The van der Waals surface area contributed by atoms with Crippen LogP contribution in [0.4, 0.5) is 5.82 Å². The molecule has 0 saturated carbocycles. The van der Waals surface area contributed by atoms with E-state index in [9.17, 15) is 5.26 Å². The number of benzene rings is 1. The second kappa shape index (κ2) is 6.78. The lowest BCUT2D eigenvalue weighted by molar-refractivity contribution is 0.680. The number of rotatable bonds is 4. The van der Waals surface area contributed by atoms with E-state index in [0.717, 1.165) is 35.4 Å². The number of aromatic nitrogens is 2. The third-order valence-electron chi connectivity index (χ3n) is 4.53. The van der Waals surface area contributed by atoms with Crippen LogP contribution < -0.4 is 0 Å². The van der Waals surface area contributed by atoms with E-state index in [0.29, 0.717) is 10.8 Å². The number of nitrogens with one attached hydrogen (secondary N) is 1. The molecule has 0 bridgehead atoms. The van der Waals surface area contributed by atoms with Crippen LogP contribution in [0.15, 0.2) is 29.3 Å². The molecule has 0 radical (unpaired) electrons. The maximum atomic E-state index is 9.90. The highest BCUT2D eigenvalue weighted by molar-refractivity contribution is 6.31. The maximum Gasteiger partial charge on any atom is 0.177 e. The average Bonchev–Trinajstić information content (AvgIpc) is 2.98. The van der Waals surface area contributed by atoms with Crippen molar-refractivity contribution in [2.75, 3.05) is 0 Å². The van der Waals surface area contributed by atoms with Crippen LogP contribution in [-0.4, -0.2) is 15.9 Å². The van der Waals surface area contributed by atoms with Crippen molar-refractivity contribution in [3.8, 4) is 6.07 Å². The predicted octanol–water partition coefficient (Wildman–Crippen LogP) is 5.34. The normalized spacial score (nSPS) is 19.8. The highest BCUT2D eigenvalue weighted by Gasteiger charge is 2.38. The van der Waals surface area contributed by atoms with Crippen LogP contribution in [0.1, 0.15) is 62.3 Å². The highest BCUT2D eigenvalue weighted by Crippen LogP contribution is 2.46. The molecular formula is C19H21ClN4. The molecule has 24 heavy (non-hydrogen) atoms. The van der Waals surface area contributed by atoms with Crippen LogP contribution in [0.5, 0.6) is 0 Å². The number of hydrogen-bond acceptors (Lipinski definition) is 3. The third-order valence-corrected chi connectivity index (χ3v) is 4.87. The number of nitrogens with zero attached hydrogens (tertiary/aromatic N) is 3. The van der Waals surface area contributed by atoms with E-state index in [2.05, 4.69) is 37.0 Å². The van der Waals surface area contributed by atoms with Gasteiger partial charge in [0.2, 0.25) is 0 Å². The standard InChI is InChI=1S/C19H21ClN4/c1-4-7-15-13(10-21)16(12-8-5-6-9-14(12)20)17-18(11(2)3)23-24-19(17)22-15/h5-6,8-9,11,13,16H,4,7H2,1-3H3,(H,23,24). The van der Waals surface area contributed by atoms with E-state index >= 15 is 0 Å². The van der Waals surface area contributed by atoms with E-state index < -0.39 is 0 Å². The minimum Gasteiger partial charge on any atom is -0.280 e. The van der Waals surface area contributed by atoms with Gasteiger partial charge in [-0.1, -0.05) is 57.0 Å². The van der Waals surface area contributed by atoms with E-state index in [1.165, 1.54) is 0 Å². The summed E-state index contributed by atoms with van der Waals surface area (Å²) < 4.78 is 0. The van der Waals surface area contributed by atoms with E-state index in [1.807, 2.05) is 24.3 Å². The maximum absolute atomic E-state index is 9.90. The quantitative estimate of drug-likeness (QED) is 0.815. The molecule has 1 aromatic carbocycles. The number of hydrogen-bond donors (Lipinski definition) is 1. The summed E-state index contributed by atoms with van der Waals surface area (Å²) in [6, 6.07) is 10.2. The zero-order chi connectivity index (χ0) is 17.3. The zero-order valence-electron chi connectivity index (χ0n) is 14.2. The number of aromatic amines is 1. The molecule has 5 heteroatoms. The van der Waals surface area contributed by atoms with E-state index in [4.69, 9.17) is 16.6 Å². The molecule has 1 aliphatic rings. The molecule has 2 aromatic rings. The van der Waals surface area contributed by atoms with Crippen molar-refractivity contribution in [3.05, 3.63) is 46.1 Å². The molecule has 1 aromatic heterocycles.